The Morgan fingerprint density at radius 1 is 1.21 bits per heavy atom. The van der Waals surface area contributed by atoms with Gasteiger partial charge in [-0.3, -0.25) is 0 Å². The molecule has 29 heavy (non-hydrogen) atoms. The molecule has 0 aromatic heterocycles. The van der Waals surface area contributed by atoms with E-state index in [1.165, 1.54) is 6.08 Å². The Morgan fingerprint density at radius 3 is 2.59 bits per heavy atom. The number of carbonyl (C=O) groups is 2. The molecule has 0 bridgehead atoms. The summed E-state index contributed by atoms with van der Waals surface area (Å²) in [7, 11) is 0. The SMILES string of the molecule is CC1=C(C(=O)O)C(c2ccc(OC(=O)/C=C/c3ccccc3)c(Br)c2)NC(=S)N1. The topological polar surface area (TPSA) is 87.7 Å². The number of carboxylic acids is 1. The fraction of sp³-hybridized carbons (Fsp3) is 0.0952. The molecule has 0 saturated heterocycles. The Hall–Kier alpha value is -2.97. The zero-order valence-electron chi connectivity index (χ0n) is 15.3. The van der Waals surface area contributed by atoms with E-state index in [4.69, 9.17) is 17.0 Å². The lowest BCUT2D eigenvalue weighted by atomic mass is 9.96. The van der Waals surface area contributed by atoms with Gasteiger partial charge in [0.1, 0.15) is 5.75 Å². The molecule has 0 spiro atoms. The van der Waals surface area contributed by atoms with Crippen molar-refractivity contribution in [2.24, 2.45) is 0 Å². The average Bonchev–Trinajstić information content (AvgIpc) is 2.67. The zero-order valence-corrected chi connectivity index (χ0v) is 17.7. The summed E-state index contributed by atoms with van der Waals surface area (Å²) in [6, 6.07) is 13.8. The average molecular weight is 473 g/mol. The van der Waals surface area contributed by atoms with Crippen LogP contribution in [0.2, 0.25) is 0 Å². The van der Waals surface area contributed by atoms with Crippen LogP contribution in [0, 0.1) is 0 Å². The van der Waals surface area contributed by atoms with Crippen molar-refractivity contribution in [3.63, 3.8) is 0 Å². The van der Waals surface area contributed by atoms with Crippen molar-refractivity contribution in [3.8, 4) is 5.75 Å². The van der Waals surface area contributed by atoms with Gasteiger partial charge in [-0.1, -0.05) is 36.4 Å². The minimum atomic E-state index is -1.05. The molecule has 0 aliphatic carbocycles. The molecule has 0 saturated carbocycles. The number of carbonyl (C=O) groups excluding carboxylic acids is 1. The molecule has 2 aromatic carbocycles. The normalized spacial score (nSPS) is 16.3. The quantitative estimate of drug-likeness (QED) is 0.262. The van der Waals surface area contributed by atoms with Crippen LogP contribution in [-0.4, -0.2) is 22.2 Å². The number of esters is 1. The molecule has 8 heteroatoms. The van der Waals surface area contributed by atoms with Crippen molar-refractivity contribution < 1.29 is 19.4 Å². The highest BCUT2D eigenvalue weighted by atomic mass is 79.9. The first-order valence-electron chi connectivity index (χ1n) is 8.61. The number of thiocarbonyl (C=S) groups is 1. The molecule has 6 nitrogen and oxygen atoms in total. The van der Waals surface area contributed by atoms with E-state index in [1.807, 2.05) is 30.3 Å². The molecule has 3 N–H and O–H groups in total. The maximum Gasteiger partial charge on any atom is 0.336 e. The number of hydrogen-bond acceptors (Lipinski definition) is 4. The van der Waals surface area contributed by atoms with Crippen molar-refractivity contribution in [2.45, 2.75) is 13.0 Å². The van der Waals surface area contributed by atoms with Crippen LogP contribution in [0.4, 0.5) is 0 Å². The fourth-order valence-corrected chi connectivity index (χ4v) is 3.63. The molecular formula is C21H17BrN2O4S. The van der Waals surface area contributed by atoms with Gasteiger partial charge >= 0.3 is 11.9 Å². The highest BCUT2D eigenvalue weighted by Gasteiger charge is 2.30. The van der Waals surface area contributed by atoms with Crippen molar-refractivity contribution in [1.82, 2.24) is 10.6 Å². The number of benzene rings is 2. The number of ether oxygens (including phenoxy) is 1. The molecule has 0 fully saturated rings. The van der Waals surface area contributed by atoms with Crippen LogP contribution >= 0.6 is 28.1 Å². The Labute approximate surface area is 181 Å². The molecule has 2 aromatic rings. The molecular weight excluding hydrogens is 456 g/mol. The first-order valence-corrected chi connectivity index (χ1v) is 9.81. The molecule has 1 aliphatic rings. The summed E-state index contributed by atoms with van der Waals surface area (Å²) in [5.74, 6) is -1.25. The smallest absolute Gasteiger partial charge is 0.336 e. The second kappa shape index (κ2) is 9.02. The molecule has 1 unspecified atom stereocenters. The fourth-order valence-electron chi connectivity index (χ4n) is 2.88. The predicted molar refractivity (Wildman–Crippen MR) is 117 cm³/mol. The summed E-state index contributed by atoms with van der Waals surface area (Å²) in [4.78, 5) is 23.8. The van der Waals surface area contributed by atoms with Crippen LogP contribution < -0.4 is 15.4 Å². The maximum absolute atomic E-state index is 12.1. The summed E-state index contributed by atoms with van der Waals surface area (Å²) in [6.07, 6.45) is 3.01. The summed E-state index contributed by atoms with van der Waals surface area (Å²) in [6.45, 7) is 1.66. The molecule has 1 aliphatic heterocycles. The lowest BCUT2D eigenvalue weighted by molar-refractivity contribution is -0.133. The van der Waals surface area contributed by atoms with Gasteiger partial charge in [-0.05, 0) is 64.4 Å². The van der Waals surface area contributed by atoms with Gasteiger partial charge in [-0.25, -0.2) is 9.59 Å². The Morgan fingerprint density at radius 2 is 1.93 bits per heavy atom. The van der Waals surface area contributed by atoms with Crippen molar-refractivity contribution in [2.75, 3.05) is 0 Å². The van der Waals surface area contributed by atoms with Gasteiger partial charge in [-0.2, -0.15) is 0 Å². The summed E-state index contributed by atoms with van der Waals surface area (Å²) in [5.41, 5.74) is 2.19. The summed E-state index contributed by atoms with van der Waals surface area (Å²) >= 11 is 8.53. The molecule has 0 amide bonds. The second-order valence-electron chi connectivity index (χ2n) is 6.23. The van der Waals surface area contributed by atoms with Crippen LogP contribution in [-0.2, 0) is 9.59 Å². The van der Waals surface area contributed by atoms with Crippen LogP contribution in [0.3, 0.4) is 0 Å². The van der Waals surface area contributed by atoms with E-state index in [1.54, 1.807) is 31.2 Å². The monoisotopic (exact) mass is 472 g/mol. The number of allylic oxidation sites excluding steroid dienone is 1. The molecule has 3 rings (SSSR count). The van der Waals surface area contributed by atoms with E-state index in [0.29, 0.717) is 26.6 Å². The molecule has 1 heterocycles. The molecule has 1 atom stereocenters. The Kier molecular flexibility index (Phi) is 6.46. The van der Waals surface area contributed by atoms with Crippen molar-refractivity contribution >= 4 is 51.3 Å². The lowest BCUT2D eigenvalue weighted by Crippen LogP contribution is -2.44. The summed E-state index contributed by atoms with van der Waals surface area (Å²) in [5, 5.41) is 15.7. The number of rotatable bonds is 5. The van der Waals surface area contributed by atoms with Gasteiger partial charge in [0.05, 0.1) is 16.1 Å². The summed E-state index contributed by atoms with van der Waals surface area (Å²) < 4.78 is 5.88. The van der Waals surface area contributed by atoms with E-state index in [2.05, 4.69) is 26.6 Å². The van der Waals surface area contributed by atoms with E-state index >= 15 is 0 Å². The third kappa shape index (κ3) is 5.10. The van der Waals surface area contributed by atoms with E-state index in [-0.39, 0.29) is 5.57 Å². The third-order valence-electron chi connectivity index (χ3n) is 4.21. The van der Waals surface area contributed by atoms with Gasteiger partial charge in [0.25, 0.3) is 0 Å². The largest absolute Gasteiger partial charge is 0.478 e. The first kappa shape index (κ1) is 20.8. The number of halogens is 1. The van der Waals surface area contributed by atoms with Crippen molar-refractivity contribution in [1.29, 1.82) is 0 Å². The second-order valence-corrected chi connectivity index (χ2v) is 7.49. The van der Waals surface area contributed by atoms with Gasteiger partial charge in [0.2, 0.25) is 0 Å². The molecule has 0 radical (unpaired) electrons. The van der Waals surface area contributed by atoms with Crippen LogP contribution in [0.5, 0.6) is 5.75 Å². The predicted octanol–water partition coefficient (Wildman–Crippen LogP) is 3.95. The Bertz CT molecular complexity index is 1030. The minimum absolute atomic E-state index is 0.168. The van der Waals surface area contributed by atoms with Gasteiger partial charge in [-0.15, -0.1) is 0 Å². The lowest BCUT2D eigenvalue weighted by Gasteiger charge is -2.29. The van der Waals surface area contributed by atoms with Crippen LogP contribution in [0.1, 0.15) is 24.1 Å². The highest BCUT2D eigenvalue weighted by molar-refractivity contribution is 9.10. The first-order chi connectivity index (χ1) is 13.8. The van der Waals surface area contributed by atoms with Gasteiger partial charge in [0.15, 0.2) is 5.11 Å². The van der Waals surface area contributed by atoms with Gasteiger partial charge in [0, 0.05) is 11.8 Å². The van der Waals surface area contributed by atoms with Gasteiger partial charge < -0.3 is 20.5 Å². The number of nitrogens with one attached hydrogen (secondary N) is 2. The highest BCUT2D eigenvalue weighted by Crippen LogP contribution is 2.33. The van der Waals surface area contributed by atoms with E-state index < -0.39 is 18.0 Å². The maximum atomic E-state index is 12.1. The standard InChI is InChI=1S/C21H17BrN2O4S/c1-12-18(20(26)27)19(24-21(29)23-12)14-8-9-16(15(22)11-14)28-17(25)10-7-13-5-3-2-4-6-13/h2-11,19H,1H3,(H,26,27)(H2,23,24,29)/b10-7+. The minimum Gasteiger partial charge on any atom is -0.478 e. The number of carboxylic acid groups (broad SMARTS) is 1. The molecule has 148 valence electrons. The van der Waals surface area contributed by atoms with Crippen LogP contribution in [0.25, 0.3) is 6.08 Å². The van der Waals surface area contributed by atoms with E-state index in [9.17, 15) is 14.7 Å². The van der Waals surface area contributed by atoms with Crippen LogP contribution in [0.15, 0.2) is 70.3 Å². The van der Waals surface area contributed by atoms with E-state index in [0.717, 1.165) is 5.56 Å². The number of hydrogen-bond donors (Lipinski definition) is 3. The number of aliphatic carboxylic acids is 1. The third-order valence-corrected chi connectivity index (χ3v) is 5.05. The van der Waals surface area contributed by atoms with Crippen molar-refractivity contribution in [3.05, 3.63) is 81.5 Å². The zero-order chi connectivity index (χ0) is 21.0. The Balaban J connectivity index is 1.79.